The predicted octanol–water partition coefficient (Wildman–Crippen LogP) is 4.70. The van der Waals surface area contributed by atoms with Crippen molar-refractivity contribution in [3.8, 4) is 0 Å². The number of benzene rings is 1. The maximum atomic E-state index is 13.0. The third-order valence-electron chi connectivity index (χ3n) is 3.42. The van der Waals surface area contributed by atoms with Gasteiger partial charge in [-0.25, -0.2) is 0 Å². The van der Waals surface area contributed by atoms with Crippen LogP contribution in [0.3, 0.4) is 0 Å². The Bertz CT molecular complexity index is 445. The van der Waals surface area contributed by atoms with Crippen molar-refractivity contribution in [2.24, 2.45) is 0 Å². The molecule has 1 aromatic rings. The van der Waals surface area contributed by atoms with Crippen LogP contribution in [-0.2, 0) is 5.60 Å². The van der Waals surface area contributed by atoms with Crippen molar-refractivity contribution < 1.29 is 18.3 Å². The van der Waals surface area contributed by atoms with Crippen LogP contribution in [0.25, 0.3) is 0 Å². The van der Waals surface area contributed by atoms with Crippen molar-refractivity contribution >= 4 is 0 Å². The Labute approximate surface area is 112 Å². The van der Waals surface area contributed by atoms with Crippen LogP contribution >= 0.6 is 0 Å². The summed E-state index contributed by atoms with van der Waals surface area (Å²) in [5.74, 6) is 0.0313. The lowest BCUT2D eigenvalue weighted by atomic mass is 9.81. The minimum Gasteiger partial charge on any atom is -0.376 e. The Morgan fingerprint density at radius 1 is 1.00 bits per heavy atom. The maximum absolute atomic E-state index is 13.0. The fourth-order valence-corrected chi connectivity index (χ4v) is 2.31. The van der Waals surface area contributed by atoms with Gasteiger partial charge in [-0.05, 0) is 35.4 Å². The van der Waals surface area contributed by atoms with E-state index in [1.807, 2.05) is 33.8 Å². The number of rotatable bonds is 3. The molecule has 1 atom stereocenters. The van der Waals surface area contributed by atoms with E-state index in [0.717, 1.165) is 12.5 Å². The van der Waals surface area contributed by atoms with Crippen LogP contribution < -0.4 is 0 Å². The van der Waals surface area contributed by atoms with Gasteiger partial charge in [0.05, 0.1) is 0 Å². The van der Waals surface area contributed by atoms with E-state index in [-0.39, 0.29) is 17.4 Å². The van der Waals surface area contributed by atoms with Gasteiger partial charge in [-0.15, -0.1) is 0 Å². The van der Waals surface area contributed by atoms with Gasteiger partial charge in [0.1, 0.15) is 0 Å². The zero-order valence-corrected chi connectivity index (χ0v) is 12.0. The highest BCUT2D eigenvalue weighted by atomic mass is 19.4. The van der Waals surface area contributed by atoms with Gasteiger partial charge in [0, 0.05) is 0 Å². The smallest absolute Gasteiger partial charge is 0.376 e. The van der Waals surface area contributed by atoms with Crippen molar-refractivity contribution in [1.82, 2.24) is 0 Å². The molecule has 0 heterocycles. The van der Waals surface area contributed by atoms with Gasteiger partial charge in [-0.1, -0.05) is 45.9 Å². The first kappa shape index (κ1) is 16.0. The fourth-order valence-electron chi connectivity index (χ4n) is 2.31. The largest absolute Gasteiger partial charge is 0.421 e. The molecule has 1 nitrogen and oxygen atoms in total. The lowest BCUT2D eigenvalue weighted by molar-refractivity contribution is -0.259. The molecule has 0 saturated carbocycles. The first-order valence-electron chi connectivity index (χ1n) is 6.42. The molecule has 108 valence electrons. The first-order valence-corrected chi connectivity index (χ1v) is 6.42. The highest BCUT2D eigenvalue weighted by Crippen LogP contribution is 2.43. The highest BCUT2D eigenvalue weighted by Gasteiger charge is 2.52. The molecule has 1 rings (SSSR count). The number of halogens is 3. The Morgan fingerprint density at radius 2 is 1.53 bits per heavy atom. The lowest BCUT2D eigenvalue weighted by Gasteiger charge is -2.31. The monoisotopic (exact) mass is 274 g/mol. The Balaban J connectivity index is 3.57. The highest BCUT2D eigenvalue weighted by molar-refractivity contribution is 5.43. The molecular weight excluding hydrogens is 253 g/mol. The quantitative estimate of drug-likeness (QED) is 0.846. The van der Waals surface area contributed by atoms with Crippen LogP contribution in [0, 0.1) is 0 Å². The zero-order valence-electron chi connectivity index (χ0n) is 12.0. The topological polar surface area (TPSA) is 20.2 Å². The van der Waals surface area contributed by atoms with Crippen molar-refractivity contribution in [1.29, 1.82) is 0 Å². The molecule has 0 fully saturated rings. The van der Waals surface area contributed by atoms with Gasteiger partial charge in [-0.3, -0.25) is 0 Å². The number of hydrogen-bond acceptors (Lipinski definition) is 1. The minimum absolute atomic E-state index is 0.0406. The van der Waals surface area contributed by atoms with Crippen LogP contribution in [0.15, 0.2) is 18.2 Å². The van der Waals surface area contributed by atoms with E-state index in [4.69, 9.17) is 0 Å². The standard InChI is InChI=1S/C15H21F3O/c1-9(2)11-7-6-8-12(13(11)10(3)4)14(5,19)15(16,17)18/h6-10,19H,1-5H3. The summed E-state index contributed by atoms with van der Waals surface area (Å²) in [6.07, 6.45) is -4.69. The molecule has 19 heavy (non-hydrogen) atoms. The summed E-state index contributed by atoms with van der Waals surface area (Å²) >= 11 is 0. The summed E-state index contributed by atoms with van der Waals surface area (Å²) in [5, 5.41) is 9.93. The third kappa shape index (κ3) is 2.94. The summed E-state index contributed by atoms with van der Waals surface area (Å²) < 4.78 is 39.1. The Hall–Kier alpha value is -1.03. The summed E-state index contributed by atoms with van der Waals surface area (Å²) in [5.41, 5.74) is -1.41. The van der Waals surface area contributed by atoms with Crippen LogP contribution in [0.2, 0.25) is 0 Å². The molecule has 0 aromatic heterocycles. The van der Waals surface area contributed by atoms with Gasteiger partial charge in [0.15, 0.2) is 5.60 Å². The second-order valence-corrected chi connectivity index (χ2v) is 5.69. The molecule has 1 unspecified atom stereocenters. The number of alkyl halides is 3. The van der Waals surface area contributed by atoms with Crippen molar-refractivity contribution in [2.75, 3.05) is 0 Å². The van der Waals surface area contributed by atoms with E-state index < -0.39 is 11.8 Å². The van der Waals surface area contributed by atoms with Gasteiger partial charge in [-0.2, -0.15) is 13.2 Å². The number of hydrogen-bond donors (Lipinski definition) is 1. The molecule has 1 aromatic carbocycles. The second-order valence-electron chi connectivity index (χ2n) is 5.69. The van der Waals surface area contributed by atoms with Gasteiger partial charge < -0.3 is 5.11 Å². The van der Waals surface area contributed by atoms with E-state index in [1.54, 1.807) is 6.07 Å². The summed E-state index contributed by atoms with van der Waals surface area (Å²) in [6.45, 7) is 8.38. The molecule has 4 heteroatoms. The van der Waals surface area contributed by atoms with E-state index in [0.29, 0.717) is 5.56 Å². The third-order valence-corrected chi connectivity index (χ3v) is 3.42. The Kier molecular flexibility index (Phi) is 4.35. The van der Waals surface area contributed by atoms with Gasteiger partial charge in [0.25, 0.3) is 0 Å². The van der Waals surface area contributed by atoms with Crippen molar-refractivity contribution in [2.45, 2.75) is 58.2 Å². The molecule has 1 N–H and O–H groups in total. The maximum Gasteiger partial charge on any atom is 0.421 e. The molecule has 0 saturated heterocycles. The summed E-state index contributed by atoms with van der Waals surface area (Å²) in [6, 6.07) is 4.78. The Morgan fingerprint density at radius 3 is 1.89 bits per heavy atom. The van der Waals surface area contributed by atoms with Crippen LogP contribution in [0.1, 0.15) is 63.1 Å². The van der Waals surface area contributed by atoms with E-state index >= 15 is 0 Å². The molecule has 0 radical (unpaired) electrons. The van der Waals surface area contributed by atoms with Gasteiger partial charge >= 0.3 is 6.18 Å². The van der Waals surface area contributed by atoms with Crippen LogP contribution in [0.5, 0.6) is 0 Å². The first-order chi connectivity index (χ1) is 8.50. The molecular formula is C15H21F3O. The normalized spacial score (nSPS) is 15.9. The zero-order chi connectivity index (χ0) is 15.0. The SMILES string of the molecule is CC(C)c1cccc(C(C)(O)C(F)(F)F)c1C(C)C. The van der Waals surface area contributed by atoms with E-state index in [1.165, 1.54) is 6.07 Å². The number of aliphatic hydroxyl groups is 1. The molecule has 0 aliphatic carbocycles. The summed E-state index contributed by atoms with van der Waals surface area (Å²) in [4.78, 5) is 0. The van der Waals surface area contributed by atoms with Crippen LogP contribution in [-0.4, -0.2) is 11.3 Å². The van der Waals surface area contributed by atoms with Crippen molar-refractivity contribution in [3.63, 3.8) is 0 Å². The predicted molar refractivity (Wildman–Crippen MR) is 70.2 cm³/mol. The molecule has 0 aliphatic rings. The molecule has 0 bridgehead atoms. The fraction of sp³-hybridized carbons (Fsp3) is 0.600. The average Bonchev–Trinajstić information content (AvgIpc) is 2.26. The minimum atomic E-state index is -4.69. The molecule has 0 amide bonds. The van der Waals surface area contributed by atoms with Crippen LogP contribution in [0.4, 0.5) is 13.2 Å². The summed E-state index contributed by atoms with van der Waals surface area (Å²) in [7, 11) is 0. The second kappa shape index (κ2) is 5.16. The van der Waals surface area contributed by atoms with E-state index in [9.17, 15) is 18.3 Å². The average molecular weight is 274 g/mol. The van der Waals surface area contributed by atoms with Gasteiger partial charge in [0.2, 0.25) is 0 Å². The van der Waals surface area contributed by atoms with E-state index in [2.05, 4.69) is 0 Å². The molecule has 0 aliphatic heterocycles. The van der Waals surface area contributed by atoms with Crippen molar-refractivity contribution in [3.05, 3.63) is 34.9 Å². The lowest BCUT2D eigenvalue weighted by Crippen LogP contribution is -2.40. The molecule has 0 spiro atoms.